The number of hydrogen-bond acceptors (Lipinski definition) is 2. The van der Waals surface area contributed by atoms with Crippen LogP contribution in [0.1, 0.15) is 0 Å². The molecule has 0 fully saturated rings. The Labute approximate surface area is 58.5 Å². The van der Waals surface area contributed by atoms with Crippen molar-refractivity contribution in [3.63, 3.8) is 0 Å². The van der Waals surface area contributed by atoms with Crippen molar-refractivity contribution < 1.29 is 34.0 Å². The summed E-state index contributed by atoms with van der Waals surface area (Å²) in [6, 6.07) is 0. The van der Waals surface area contributed by atoms with Crippen LogP contribution in [0.4, 0.5) is 0 Å². The first-order valence-corrected chi connectivity index (χ1v) is 1.51. The summed E-state index contributed by atoms with van der Waals surface area (Å²) in [5.74, 6) is 0.208. The van der Waals surface area contributed by atoms with Gasteiger partial charge in [-0.25, -0.2) is 12.6 Å². The van der Waals surface area contributed by atoms with Gasteiger partial charge in [0, 0.05) is 29.2 Å². The van der Waals surface area contributed by atoms with Gasteiger partial charge in [-0.2, -0.15) is 0 Å². The first kappa shape index (κ1) is 9.38. The minimum atomic E-state index is 0. The predicted octanol–water partition coefficient (Wildman–Crippen LogP) is 0.0259. The molecule has 0 heterocycles. The molecule has 30 valence electrons. The molecule has 0 saturated heterocycles. The van der Waals surface area contributed by atoms with E-state index in [1.165, 1.54) is 0 Å². The second-order valence-electron chi connectivity index (χ2n) is 0.302. The zero-order valence-electron chi connectivity index (χ0n) is 2.47. The van der Waals surface area contributed by atoms with E-state index < -0.39 is 0 Å². The van der Waals surface area contributed by atoms with Crippen molar-refractivity contribution in [1.29, 1.82) is 0 Å². The number of hydrogen-bond donors (Lipinski definition) is 1. The summed E-state index contributed by atoms with van der Waals surface area (Å²) in [6.07, 6.45) is 1.54. The molecule has 0 aliphatic carbocycles. The molecule has 0 aromatic rings. The molecule has 3 heteroatoms. The molecule has 0 N–H and O–H groups in total. The Balaban J connectivity index is 0. The van der Waals surface area contributed by atoms with Gasteiger partial charge < -0.3 is 4.79 Å². The van der Waals surface area contributed by atoms with Crippen LogP contribution in [-0.2, 0) is 4.79 Å². The molecule has 5 heavy (non-hydrogen) atoms. The van der Waals surface area contributed by atoms with Crippen LogP contribution in [0.25, 0.3) is 0 Å². The van der Waals surface area contributed by atoms with Crippen LogP contribution < -0.4 is 0 Å². The van der Waals surface area contributed by atoms with Gasteiger partial charge in [0.25, 0.3) is 0 Å². The number of thiol groups is 1. The third kappa shape index (κ3) is 11.2. The molecule has 0 aromatic carbocycles. The second-order valence-corrected chi connectivity index (χ2v) is 0.619. The van der Waals surface area contributed by atoms with Crippen LogP contribution in [0.5, 0.6) is 0 Å². The molecule has 0 aliphatic heterocycles. The van der Waals surface area contributed by atoms with E-state index in [1.807, 2.05) is 0 Å². The Morgan fingerprint density at radius 1 is 1.80 bits per heavy atom. The average molecular weight is 319 g/mol. The van der Waals surface area contributed by atoms with Gasteiger partial charge in [0.1, 0.15) is 0 Å². The monoisotopic (exact) mass is 313 g/mol. The van der Waals surface area contributed by atoms with Gasteiger partial charge >= 0.3 is 0 Å². The first-order chi connectivity index (χ1) is 1.91. The molecule has 0 spiro atoms. The van der Waals surface area contributed by atoms with Crippen molar-refractivity contribution >= 4 is 18.9 Å². The molecule has 0 radical (unpaired) electrons. The molecule has 0 rings (SSSR count). The summed E-state index contributed by atoms with van der Waals surface area (Å²) < 4.78 is 0. The van der Waals surface area contributed by atoms with Gasteiger partial charge in [0.15, 0.2) is 0 Å². The van der Waals surface area contributed by atoms with Gasteiger partial charge in [0.05, 0.1) is 0 Å². The maximum Gasteiger partial charge on any atom is 0 e. The molecule has 0 bridgehead atoms. The van der Waals surface area contributed by atoms with Gasteiger partial charge in [0.2, 0.25) is 0 Å². The summed E-state index contributed by atoms with van der Waals surface area (Å²) in [5.41, 5.74) is 0. The van der Waals surface area contributed by atoms with E-state index in [-0.39, 0.29) is 34.9 Å². The minimum Gasteiger partial charge on any atom is -0.541 e. The molecular formula is C2H3OPuS-. The Morgan fingerprint density at radius 2 is 2.00 bits per heavy atom. The SMILES string of the molecule is O=[C-]CS.[Pu]. The van der Waals surface area contributed by atoms with Crippen LogP contribution in [0.2, 0.25) is 0 Å². The first-order valence-electron chi connectivity index (χ1n) is 0.874. The van der Waals surface area contributed by atoms with E-state index in [2.05, 4.69) is 12.6 Å². The number of carbonyl (C=O) groups excluding carboxylic acids is 1. The van der Waals surface area contributed by atoms with Crippen LogP contribution in [-0.4, -0.2) is 12.0 Å². The van der Waals surface area contributed by atoms with E-state index in [9.17, 15) is 0 Å². The van der Waals surface area contributed by atoms with Crippen molar-refractivity contribution in [3.05, 3.63) is 0 Å². The quantitative estimate of drug-likeness (QED) is 0.533. The fourth-order valence-corrected chi connectivity index (χ4v) is 0. The van der Waals surface area contributed by atoms with Gasteiger partial charge in [-0.05, 0) is 0 Å². The fourth-order valence-electron chi connectivity index (χ4n) is 0. The zero-order chi connectivity index (χ0) is 3.41. The molecule has 0 saturated carbocycles. The maximum absolute atomic E-state index is 8.97. The minimum absolute atomic E-state index is 0. The molecule has 0 aromatic heterocycles. The molecule has 1 nitrogen and oxygen atoms in total. The Bertz CT molecular complexity index is 23.6. The molecule has 0 amide bonds. The second kappa shape index (κ2) is 8.89. The van der Waals surface area contributed by atoms with Gasteiger partial charge in [-0.1, -0.05) is 0 Å². The maximum atomic E-state index is 8.97. The summed E-state index contributed by atoms with van der Waals surface area (Å²) in [6.45, 7) is 0. The van der Waals surface area contributed by atoms with Crippen molar-refractivity contribution in [2.75, 3.05) is 5.75 Å². The van der Waals surface area contributed by atoms with Crippen LogP contribution in [0.3, 0.4) is 0 Å². The van der Waals surface area contributed by atoms with Gasteiger partial charge in [-0.3, -0.25) is 6.29 Å². The molecular weight excluding hydrogens is 316 g/mol. The summed E-state index contributed by atoms with van der Waals surface area (Å²) in [5, 5.41) is 0. The van der Waals surface area contributed by atoms with Crippen LogP contribution in [0.15, 0.2) is 0 Å². The van der Waals surface area contributed by atoms with Crippen molar-refractivity contribution in [2.45, 2.75) is 0 Å². The summed E-state index contributed by atoms with van der Waals surface area (Å²) >= 11 is 3.50. The molecule has 0 atom stereocenters. The van der Waals surface area contributed by atoms with Crippen LogP contribution in [0, 0.1) is 29.2 Å². The average Bonchev–Trinajstić information content (AvgIpc) is 1.37. The summed E-state index contributed by atoms with van der Waals surface area (Å²) in [7, 11) is 0. The fraction of sp³-hybridized carbons (Fsp3) is 0.500. The zero-order valence-corrected chi connectivity index (χ0v) is 6.76. The largest absolute Gasteiger partial charge is 0.541 e. The van der Waals surface area contributed by atoms with Crippen molar-refractivity contribution in [1.82, 2.24) is 0 Å². The normalized spacial score (nSPS) is 5.00. The van der Waals surface area contributed by atoms with Crippen molar-refractivity contribution in [2.24, 2.45) is 0 Å². The Kier molecular flexibility index (Phi) is 16.7. The van der Waals surface area contributed by atoms with E-state index in [4.69, 9.17) is 4.79 Å². The smallest absolute Gasteiger partial charge is 0 e. The van der Waals surface area contributed by atoms with E-state index in [1.54, 1.807) is 6.29 Å². The van der Waals surface area contributed by atoms with Crippen molar-refractivity contribution in [3.8, 4) is 0 Å². The van der Waals surface area contributed by atoms with E-state index >= 15 is 0 Å². The van der Waals surface area contributed by atoms with E-state index in [0.29, 0.717) is 0 Å². The van der Waals surface area contributed by atoms with E-state index in [0.717, 1.165) is 0 Å². The summed E-state index contributed by atoms with van der Waals surface area (Å²) in [4.78, 5) is 8.97. The topological polar surface area (TPSA) is 17.1 Å². The third-order valence-corrected chi connectivity index (χ3v) is 0.194. The van der Waals surface area contributed by atoms with Gasteiger partial charge in [-0.15, -0.1) is 5.75 Å². The Morgan fingerprint density at radius 3 is 2.00 bits per heavy atom. The Hall–Kier alpha value is 1.01. The standard InChI is InChI=1S/C2H3OS.Pu/c3-1-2-4;/h4H,2H2;/q-1;. The number of rotatable bonds is 1. The van der Waals surface area contributed by atoms with Crippen LogP contribution >= 0.6 is 12.6 Å². The molecule has 0 unspecified atom stereocenters. The molecule has 0 aliphatic rings. The third-order valence-electron chi connectivity index (χ3n) is 0.0645. The predicted molar refractivity (Wildman–Crippen MR) is 19.5 cm³/mol.